The van der Waals surface area contributed by atoms with Crippen molar-refractivity contribution >= 4 is 47.0 Å². The molecule has 1 aromatic heterocycles. The molecule has 7 heteroatoms. The van der Waals surface area contributed by atoms with Gasteiger partial charge in [-0.2, -0.15) is 0 Å². The van der Waals surface area contributed by atoms with Crippen LogP contribution in [0.2, 0.25) is 0 Å². The fourth-order valence-corrected chi connectivity index (χ4v) is 2.94. The number of benzene rings is 1. The first-order valence-electron chi connectivity index (χ1n) is 8.16. The Balaban J connectivity index is 0.00000312. The third kappa shape index (κ3) is 6.81. The van der Waals surface area contributed by atoms with Crippen LogP contribution in [0.3, 0.4) is 0 Å². The average molecular weight is 473 g/mol. The zero-order valence-electron chi connectivity index (χ0n) is 15.6. The smallest absolute Gasteiger partial charge is 0.194 e. The SMILES string of the molecule is CCNC(=NCc1ccc(N(C)C)cc1)N(C)Cc1csc(C)n1.I. The van der Waals surface area contributed by atoms with Crippen LogP contribution in [0.5, 0.6) is 0 Å². The molecular weight excluding hydrogens is 445 g/mol. The molecule has 0 aliphatic heterocycles. The molecule has 138 valence electrons. The highest BCUT2D eigenvalue weighted by Crippen LogP contribution is 2.13. The van der Waals surface area contributed by atoms with E-state index >= 15 is 0 Å². The lowest BCUT2D eigenvalue weighted by Gasteiger charge is -2.21. The topological polar surface area (TPSA) is 43.8 Å². The van der Waals surface area contributed by atoms with E-state index < -0.39 is 0 Å². The largest absolute Gasteiger partial charge is 0.378 e. The lowest BCUT2D eigenvalue weighted by Crippen LogP contribution is -2.38. The van der Waals surface area contributed by atoms with Crippen LogP contribution in [-0.4, -0.2) is 43.5 Å². The van der Waals surface area contributed by atoms with Crippen molar-refractivity contribution in [2.45, 2.75) is 26.9 Å². The van der Waals surface area contributed by atoms with E-state index in [4.69, 9.17) is 4.99 Å². The van der Waals surface area contributed by atoms with Gasteiger partial charge in [0, 0.05) is 38.8 Å². The Labute approximate surface area is 172 Å². The summed E-state index contributed by atoms with van der Waals surface area (Å²) < 4.78 is 0. The van der Waals surface area contributed by atoms with Crippen molar-refractivity contribution in [1.82, 2.24) is 15.2 Å². The van der Waals surface area contributed by atoms with Gasteiger partial charge < -0.3 is 15.1 Å². The van der Waals surface area contributed by atoms with Gasteiger partial charge in [-0.05, 0) is 31.5 Å². The van der Waals surface area contributed by atoms with Crippen LogP contribution in [0.1, 0.15) is 23.2 Å². The van der Waals surface area contributed by atoms with E-state index in [1.807, 2.05) is 28.1 Å². The van der Waals surface area contributed by atoms with Crippen molar-refractivity contribution in [2.24, 2.45) is 4.99 Å². The van der Waals surface area contributed by atoms with Gasteiger partial charge in [0.2, 0.25) is 0 Å². The molecule has 2 rings (SSSR count). The monoisotopic (exact) mass is 473 g/mol. The van der Waals surface area contributed by atoms with E-state index in [-0.39, 0.29) is 24.0 Å². The van der Waals surface area contributed by atoms with E-state index in [2.05, 4.69) is 56.7 Å². The van der Waals surface area contributed by atoms with Gasteiger partial charge >= 0.3 is 0 Å². The number of halogens is 1. The lowest BCUT2D eigenvalue weighted by atomic mass is 10.2. The highest BCUT2D eigenvalue weighted by Gasteiger charge is 2.08. The number of hydrogen-bond donors (Lipinski definition) is 1. The first kappa shape index (κ1) is 21.7. The molecule has 0 saturated heterocycles. The van der Waals surface area contributed by atoms with Crippen LogP contribution in [-0.2, 0) is 13.1 Å². The molecule has 0 fully saturated rings. The number of aliphatic imine (C=N–C) groups is 1. The van der Waals surface area contributed by atoms with Gasteiger partial charge in [0.15, 0.2) is 5.96 Å². The van der Waals surface area contributed by atoms with Gasteiger partial charge in [0.1, 0.15) is 0 Å². The number of thiazole rings is 1. The highest BCUT2D eigenvalue weighted by atomic mass is 127. The maximum absolute atomic E-state index is 4.75. The van der Waals surface area contributed by atoms with Crippen molar-refractivity contribution in [2.75, 3.05) is 32.6 Å². The molecule has 0 unspecified atom stereocenters. The third-order valence-electron chi connectivity index (χ3n) is 3.63. The van der Waals surface area contributed by atoms with Crippen LogP contribution in [0.15, 0.2) is 34.6 Å². The minimum Gasteiger partial charge on any atom is -0.378 e. The molecule has 2 aromatic rings. The normalized spacial score (nSPS) is 11.0. The molecule has 1 N–H and O–H groups in total. The molecule has 0 atom stereocenters. The van der Waals surface area contributed by atoms with Crippen LogP contribution in [0.25, 0.3) is 0 Å². The Hall–Kier alpha value is -1.35. The van der Waals surface area contributed by atoms with Gasteiger partial charge in [0.05, 0.1) is 23.8 Å². The summed E-state index contributed by atoms with van der Waals surface area (Å²) in [5.41, 5.74) is 3.49. The number of aromatic nitrogens is 1. The number of nitrogens with one attached hydrogen (secondary N) is 1. The molecule has 0 bridgehead atoms. The molecule has 25 heavy (non-hydrogen) atoms. The average Bonchev–Trinajstić information content (AvgIpc) is 2.96. The molecule has 0 spiro atoms. The minimum absolute atomic E-state index is 0. The molecule has 0 amide bonds. The summed E-state index contributed by atoms with van der Waals surface area (Å²) in [7, 11) is 6.14. The zero-order valence-corrected chi connectivity index (χ0v) is 18.8. The van der Waals surface area contributed by atoms with Crippen molar-refractivity contribution in [3.8, 4) is 0 Å². The van der Waals surface area contributed by atoms with Gasteiger partial charge in [-0.25, -0.2) is 9.98 Å². The zero-order chi connectivity index (χ0) is 17.5. The Kier molecular flexibility index (Phi) is 9.20. The van der Waals surface area contributed by atoms with Crippen LogP contribution < -0.4 is 10.2 Å². The third-order valence-corrected chi connectivity index (χ3v) is 4.45. The first-order valence-corrected chi connectivity index (χ1v) is 9.04. The summed E-state index contributed by atoms with van der Waals surface area (Å²) in [5.74, 6) is 0.903. The predicted octanol–water partition coefficient (Wildman–Crippen LogP) is 3.73. The van der Waals surface area contributed by atoms with Crippen molar-refractivity contribution in [3.05, 3.63) is 45.9 Å². The number of hydrogen-bond acceptors (Lipinski definition) is 4. The van der Waals surface area contributed by atoms with E-state index in [1.165, 1.54) is 11.3 Å². The van der Waals surface area contributed by atoms with Gasteiger partial charge in [-0.1, -0.05) is 12.1 Å². The molecule has 0 radical (unpaired) electrons. The second-order valence-corrected chi connectivity index (χ2v) is 7.01. The van der Waals surface area contributed by atoms with E-state index in [9.17, 15) is 0 Å². The first-order chi connectivity index (χ1) is 11.5. The maximum Gasteiger partial charge on any atom is 0.194 e. The quantitative estimate of drug-likeness (QED) is 0.395. The Bertz CT molecular complexity index is 666. The number of nitrogens with zero attached hydrogens (tertiary/aromatic N) is 4. The molecule has 0 aliphatic carbocycles. The molecule has 1 heterocycles. The number of guanidine groups is 1. The van der Waals surface area contributed by atoms with Crippen LogP contribution in [0, 0.1) is 6.92 Å². The molecule has 0 saturated carbocycles. The summed E-state index contributed by atoms with van der Waals surface area (Å²) in [6.07, 6.45) is 0. The predicted molar refractivity (Wildman–Crippen MR) is 119 cm³/mol. The summed E-state index contributed by atoms with van der Waals surface area (Å²) in [6.45, 7) is 6.39. The molecule has 5 nitrogen and oxygen atoms in total. The molecule has 0 aliphatic rings. The van der Waals surface area contributed by atoms with Gasteiger partial charge in [0.25, 0.3) is 0 Å². The molecular formula is C18H28IN5S. The molecule has 1 aromatic carbocycles. The van der Waals surface area contributed by atoms with Crippen LogP contribution in [0.4, 0.5) is 5.69 Å². The Morgan fingerprint density at radius 3 is 2.40 bits per heavy atom. The summed E-state index contributed by atoms with van der Waals surface area (Å²) in [6, 6.07) is 8.51. The Morgan fingerprint density at radius 2 is 1.88 bits per heavy atom. The maximum atomic E-state index is 4.75. The van der Waals surface area contributed by atoms with Crippen molar-refractivity contribution in [3.63, 3.8) is 0 Å². The number of rotatable bonds is 6. The highest BCUT2D eigenvalue weighted by molar-refractivity contribution is 14.0. The Morgan fingerprint density at radius 1 is 1.20 bits per heavy atom. The second kappa shape index (κ2) is 10.6. The summed E-state index contributed by atoms with van der Waals surface area (Å²) in [5, 5.41) is 6.56. The van der Waals surface area contributed by atoms with E-state index in [0.717, 1.165) is 29.8 Å². The summed E-state index contributed by atoms with van der Waals surface area (Å²) >= 11 is 1.68. The lowest BCUT2D eigenvalue weighted by molar-refractivity contribution is 0.471. The van der Waals surface area contributed by atoms with Gasteiger partial charge in [-0.3, -0.25) is 0 Å². The van der Waals surface area contributed by atoms with Crippen molar-refractivity contribution < 1.29 is 0 Å². The fourth-order valence-electron chi connectivity index (χ4n) is 2.33. The number of aryl methyl sites for hydroxylation is 1. The van der Waals surface area contributed by atoms with Crippen LogP contribution >= 0.6 is 35.3 Å². The second-order valence-electron chi connectivity index (χ2n) is 5.94. The fraction of sp³-hybridized carbons (Fsp3) is 0.444. The summed E-state index contributed by atoms with van der Waals surface area (Å²) in [4.78, 5) is 13.5. The number of anilines is 1. The minimum atomic E-state index is 0. The standard InChI is InChI=1S/C18H27N5S.HI/c1-6-19-18(23(5)12-16-13-24-14(2)21-16)20-11-15-7-9-17(10-8-15)22(3)4;/h7-10,13H,6,11-12H2,1-5H3,(H,19,20);1H. The van der Waals surface area contributed by atoms with Crippen molar-refractivity contribution in [1.29, 1.82) is 0 Å². The van der Waals surface area contributed by atoms with E-state index in [0.29, 0.717) is 6.54 Å². The van der Waals surface area contributed by atoms with E-state index in [1.54, 1.807) is 11.3 Å². The van der Waals surface area contributed by atoms with Gasteiger partial charge in [-0.15, -0.1) is 35.3 Å².